The number of nitrogens with zero attached hydrogens (tertiary/aromatic N) is 2. The van der Waals surface area contributed by atoms with Crippen molar-refractivity contribution in [1.82, 2.24) is 9.80 Å². The maximum absolute atomic E-state index is 12.5. The summed E-state index contributed by atoms with van der Waals surface area (Å²) in [4.78, 5) is 27.9. The summed E-state index contributed by atoms with van der Waals surface area (Å²) in [7, 11) is 1.57. The Morgan fingerprint density at radius 2 is 2.14 bits per heavy atom. The number of piperazine rings is 1. The summed E-state index contributed by atoms with van der Waals surface area (Å²) in [5, 5.41) is 0. The van der Waals surface area contributed by atoms with Gasteiger partial charge in [0.25, 0.3) is 0 Å². The number of benzene rings is 1. The first-order valence-corrected chi connectivity index (χ1v) is 7.10. The minimum atomic E-state index is -0.269. The molecule has 112 valence electrons. The maximum atomic E-state index is 12.5. The molecule has 1 atom stereocenters. The van der Waals surface area contributed by atoms with Crippen LogP contribution in [0.2, 0.25) is 0 Å². The topological polar surface area (TPSA) is 75.9 Å². The van der Waals surface area contributed by atoms with Crippen molar-refractivity contribution in [3.05, 3.63) is 23.8 Å². The van der Waals surface area contributed by atoms with Gasteiger partial charge in [-0.15, -0.1) is 0 Å². The molecule has 2 amide bonds. The van der Waals surface area contributed by atoms with Gasteiger partial charge in [0.05, 0.1) is 7.11 Å². The number of ether oxygens (including phenoxy) is 1. The molecule has 2 heterocycles. The summed E-state index contributed by atoms with van der Waals surface area (Å²) in [6.45, 7) is 1.23. The Labute approximate surface area is 123 Å². The molecule has 0 aliphatic carbocycles. The zero-order valence-corrected chi connectivity index (χ0v) is 12.0. The summed E-state index contributed by atoms with van der Waals surface area (Å²) in [5.41, 5.74) is 7.29. The van der Waals surface area contributed by atoms with Crippen molar-refractivity contribution in [3.63, 3.8) is 0 Å². The van der Waals surface area contributed by atoms with Gasteiger partial charge >= 0.3 is 0 Å². The number of carbonyl (C=O) groups is 2. The summed E-state index contributed by atoms with van der Waals surface area (Å²) in [5.74, 6) is 0.727. The number of fused-ring (bicyclic) bond motifs is 1. The summed E-state index contributed by atoms with van der Waals surface area (Å²) >= 11 is 0. The lowest BCUT2D eigenvalue weighted by Gasteiger charge is -2.36. The molecule has 1 aromatic carbocycles. The van der Waals surface area contributed by atoms with E-state index in [4.69, 9.17) is 10.5 Å². The first kappa shape index (κ1) is 13.7. The molecule has 6 heteroatoms. The number of nitrogens with two attached hydrogens (primary N) is 1. The molecule has 1 aromatic rings. The molecule has 0 saturated carbocycles. The van der Waals surface area contributed by atoms with Crippen LogP contribution in [-0.4, -0.2) is 47.9 Å². The number of nitrogen functional groups attached to an aromatic ring is 1. The van der Waals surface area contributed by atoms with Gasteiger partial charge in [-0.2, -0.15) is 0 Å². The third kappa shape index (κ3) is 2.53. The van der Waals surface area contributed by atoms with Crippen LogP contribution >= 0.6 is 0 Å². The van der Waals surface area contributed by atoms with Gasteiger partial charge in [0.1, 0.15) is 18.3 Å². The Morgan fingerprint density at radius 1 is 1.33 bits per heavy atom. The highest BCUT2D eigenvalue weighted by atomic mass is 16.5. The molecular formula is C15H19N3O3. The van der Waals surface area contributed by atoms with Crippen LogP contribution in [0.3, 0.4) is 0 Å². The van der Waals surface area contributed by atoms with E-state index in [-0.39, 0.29) is 24.4 Å². The van der Waals surface area contributed by atoms with Gasteiger partial charge in [-0.05, 0) is 30.5 Å². The van der Waals surface area contributed by atoms with Crippen LogP contribution in [0.5, 0.6) is 5.75 Å². The number of rotatable bonds is 3. The highest BCUT2D eigenvalue weighted by molar-refractivity contribution is 5.95. The molecule has 21 heavy (non-hydrogen) atoms. The third-order valence-electron chi connectivity index (χ3n) is 4.09. The normalized spacial score (nSPS) is 21.7. The first-order chi connectivity index (χ1) is 10.1. The van der Waals surface area contributed by atoms with Gasteiger partial charge in [-0.3, -0.25) is 9.59 Å². The number of carbonyl (C=O) groups excluding carboxylic acids is 2. The van der Waals surface area contributed by atoms with Gasteiger partial charge in [0.2, 0.25) is 11.8 Å². The average molecular weight is 289 g/mol. The second-order valence-electron chi connectivity index (χ2n) is 5.55. The minimum absolute atomic E-state index is 0.0352. The Balaban J connectivity index is 1.79. The van der Waals surface area contributed by atoms with Crippen molar-refractivity contribution < 1.29 is 14.3 Å². The monoisotopic (exact) mass is 289 g/mol. The van der Waals surface area contributed by atoms with Crippen molar-refractivity contribution in [1.29, 1.82) is 0 Å². The summed E-state index contributed by atoms with van der Waals surface area (Å²) in [6, 6.07) is 5.11. The third-order valence-corrected chi connectivity index (χ3v) is 4.09. The van der Waals surface area contributed by atoms with Crippen LogP contribution < -0.4 is 10.5 Å². The SMILES string of the molecule is COc1cc(N)cc(CN2CC(=O)N3CCCC3C2=O)c1. The van der Waals surface area contributed by atoms with Crippen LogP contribution in [0.4, 0.5) is 5.69 Å². The summed E-state index contributed by atoms with van der Waals surface area (Å²) in [6.07, 6.45) is 1.67. The highest BCUT2D eigenvalue weighted by Crippen LogP contribution is 2.26. The number of methoxy groups -OCH3 is 1. The van der Waals surface area contributed by atoms with Crippen LogP contribution in [-0.2, 0) is 16.1 Å². The first-order valence-electron chi connectivity index (χ1n) is 7.10. The molecule has 0 spiro atoms. The molecule has 2 fully saturated rings. The molecule has 2 N–H and O–H groups in total. The van der Waals surface area contributed by atoms with Crippen LogP contribution in [0, 0.1) is 0 Å². The van der Waals surface area contributed by atoms with E-state index >= 15 is 0 Å². The average Bonchev–Trinajstić information content (AvgIpc) is 2.94. The van der Waals surface area contributed by atoms with E-state index in [2.05, 4.69) is 0 Å². The standard InChI is InChI=1S/C15H19N3O3/c1-21-12-6-10(5-11(16)7-12)8-17-9-14(19)18-4-2-3-13(18)15(17)20/h5-7,13H,2-4,8-9,16H2,1H3. The quantitative estimate of drug-likeness (QED) is 0.827. The predicted octanol–water partition coefficient (Wildman–Crippen LogP) is 0.611. The zero-order chi connectivity index (χ0) is 15.0. The zero-order valence-electron chi connectivity index (χ0n) is 12.0. The smallest absolute Gasteiger partial charge is 0.246 e. The second kappa shape index (κ2) is 5.27. The lowest BCUT2D eigenvalue weighted by atomic mass is 10.1. The Morgan fingerprint density at radius 3 is 2.90 bits per heavy atom. The van der Waals surface area contributed by atoms with Crippen LogP contribution in [0.25, 0.3) is 0 Å². The van der Waals surface area contributed by atoms with Crippen molar-refractivity contribution >= 4 is 17.5 Å². The highest BCUT2D eigenvalue weighted by Gasteiger charge is 2.41. The van der Waals surface area contributed by atoms with E-state index in [1.165, 1.54) is 0 Å². The second-order valence-corrected chi connectivity index (χ2v) is 5.55. The van der Waals surface area contributed by atoms with E-state index in [0.29, 0.717) is 24.5 Å². The van der Waals surface area contributed by atoms with E-state index in [1.807, 2.05) is 6.07 Å². The van der Waals surface area contributed by atoms with Gasteiger partial charge in [-0.1, -0.05) is 0 Å². The number of amides is 2. The van der Waals surface area contributed by atoms with Gasteiger partial charge < -0.3 is 20.3 Å². The fourth-order valence-corrected chi connectivity index (χ4v) is 3.11. The number of hydrogen-bond donors (Lipinski definition) is 1. The maximum Gasteiger partial charge on any atom is 0.246 e. The van der Waals surface area contributed by atoms with E-state index in [9.17, 15) is 9.59 Å². The molecule has 6 nitrogen and oxygen atoms in total. The Bertz CT molecular complexity index is 588. The largest absolute Gasteiger partial charge is 0.497 e. The molecule has 1 unspecified atom stereocenters. The van der Waals surface area contributed by atoms with Crippen molar-refractivity contribution in [2.45, 2.75) is 25.4 Å². The summed E-state index contributed by atoms with van der Waals surface area (Å²) < 4.78 is 5.18. The van der Waals surface area contributed by atoms with E-state index in [0.717, 1.165) is 18.4 Å². The molecule has 2 saturated heterocycles. The van der Waals surface area contributed by atoms with Crippen molar-refractivity contribution in [2.75, 3.05) is 25.9 Å². The van der Waals surface area contributed by atoms with Crippen LogP contribution in [0.15, 0.2) is 18.2 Å². The molecular weight excluding hydrogens is 270 g/mol. The minimum Gasteiger partial charge on any atom is -0.497 e. The Kier molecular flexibility index (Phi) is 3.45. The number of hydrogen-bond acceptors (Lipinski definition) is 4. The molecule has 2 aliphatic heterocycles. The van der Waals surface area contributed by atoms with Crippen molar-refractivity contribution in [2.24, 2.45) is 0 Å². The molecule has 2 aliphatic rings. The molecule has 0 radical (unpaired) electrons. The lowest BCUT2D eigenvalue weighted by Crippen LogP contribution is -2.56. The predicted molar refractivity (Wildman–Crippen MR) is 77.6 cm³/mol. The fourth-order valence-electron chi connectivity index (χ4n) is 3.11. The van der Waals surface area contributed by atoms with E-state index < -0.39 is 0 Å². The number of anilines is 1. The van der Waals surface area contributed by atoms with Crippen LogP contribution in [0.1, 0.15) is 18.4 Å². The molecule has 0 aromatic heterocycles. The molecule has 3 rings (SSSR count). The van der Waals surface area contributed by atoms with Gasteiger partial charge in [0, 0.05) is 24.8 Å². The Hall–Kier alpha value is -2.24. The molecule has 0 bridgehead atoms. The van der Waals surface area contributed by atoms with E-state index in [1.54, 1.807) is 29.0 Å². The lowest BCUT2D eigenvalue weighted by molar-refractivity contribution is -0.154. The fraction of sp³-hybridized carbons (Fsp3) is 0.467. The van der Waals surface area contributed by atoms with Gasteiger partial charge in [0.15, 0.2) is 0 Å². The van der Waals surface area contributed by atoms with Crippen molar-refractivity contribution in [3.8, 4) is 5.75 Å². The van der Waals surface area contributed by atoms with Gasteiger partial charge in [-0.25, -0.2) is 0 Å².